The van der Waals surface area contributed by atoms with Gasteiger partial charge in [-0.3, -0.25) is 9.97 Å². The molecule has 0 amide bonds. The van der Waals surface area contributed by atoms with E-state index in [2.05, 4.69) is 80.4 Å². The largest absolute Gasteiger partial charge is 0.372 e. The van der Waals surface area contributed by atoms with Crippen molar-refractivity contribution in [1.29, 1.82) is 0 Å². The van der Waals surface area contributed by atoms with Gasteiger partial charge < -0.3 is 9.80 Å². The zero-order chi connectivity index (χ0) is 25.3. The lowest BCUT2D eigenvalue weighted by molar-refractivity contribution is 0.578. The maximum absolute atomic E-state index is 4.53. The first-order valence-electron chi connectivity index (χ1n) is 14.2. The Bertz CT molecular complexity index is 1450. The second-order valence-corrected chi connectivity index (χ2v) is 10.8. The van der Waals surface area contributed by atoms with Gasteiger partial charge in [-0.2, -0.15) is 0 Å². The summed E-state index contributed by atoms with van der Waals surface area (Å²) < 4.78 is 0. The summed E-state index contributed by atoms with van der Waals surface area (Å²) in [6.07, 6.45) is 15.5. The maximum atomic E-state index is 4.53. The van der Waals surface area contributed by atoms with Crippen LogP contribution in [0.15, 0.2) is 85.5 Å². The number of rotatable bonds is 4. The first-order chi connectivity index (χ1) is 18.9. The summed E-state index contributed by atoms with van der Waals surface area (Å²) >= 11 is 0. The average molecular weight is 499 g/mol. The van der Waals surface area contributed by atoms with Gasteiger partial charge in [-0.05, 0) is 108 Å². The van der Waals surface area contributed by atoms with E-state index in [-0.39, 0.29) is 0 Å². The minimum atomic E-state index is 1.13. The van der Waals surface area contributed by atoms with Crippen molar-refractivity contribution in [2.24, 2.45) is 0 Å². The van der Waals surface area contributed by atoms with E-state index in [0.717, 1.165) is 26.2 Å². The Morgan fingerprint density at radius 1 is 0.474 bits per heavy atom. The van der Waals surface area contributed by atoms with Gasteiger partial charge in [0.2, 0.25) is 0 Å². The highest BCUT2D eigenvalue weighted by molar-refractivity contribution is 6.22. The predicted molar refractivity (Wildman–Crippen MR) is 160 cm³/mol. The van der Waals surface area contributed by atoms with Crippen LogP contribution < -0.4 is 9.80 Å². The molecule has 0 spiro atoms. The van der Waals surface area contributed by atoms with Crippen LogP contribution in [0.3, 0.4) is 0 Å². The van der Waals surface area contributed by atoms with Crippen molar-refractivity contribution in [2.75, 3.05) is 36.0 Å². The Hall–Kier alpha value is -3.92. The normalized spacial score (nSPS) is 16.3. The number of anilines is 2. The van der Waals surface area contributed by atoms with Crippen LogP contribution in [-0.4, -0.2) is 36.1 Å². The summed E-state index contributed by atoms with van der Waals surface area (Å²) in [5, 5.41) is 5.14. The summed E-state index contributed by atoms with van der Waals surface area (Å²) in [6, 6.07) is 22.8. The van der Waals surface area contributed by atoms with Crippen molar-refractivity contribution in [3.8, 4) is 22.3 Å². The number of benzene rings is 3. The Labute approximate surface area is 225 Å². The topological polar surface area (TPSA) is 32.3 Å². The highest BCUT2D eigenvalue weighted by Gasteiger charge is 2.21. The molecule has 0 saturated carbocycles. The molecule has 38 heavy (non-hydrogen) atoms. The Morgan fingerprint density at radius 2 is 0.921 bits per heavy atom. The van der Waals surface area contributed by atoms with Gasteiger partial charge in [0.05, 0.1) is 0 Å². The molecular weight excluding hydrogens is 464 g/mol. The summed E-state index contributed by atoms with van der Waals surface area (Å²) in [4.78, 5) is 14.2. The van der Waals surface area contributed by atoms with Gasteiger partial charge in [0.1, 0.15) is 0 Å². The molecule has 2 aromatic heterocycles. The first kappa shape index (κ1) is 23.2. The van der Waals surface area contributed by atoms with Crippen LogP contribution in [0.25, 0.3) is 43.8 Å². The minimum absolute atomic E-state index is 1.13. The van der Waals surface area contributed by atoms with Gasteiger partial charge in [0, 0.05) is 73.5 Å². The molecule has 4 nitrogen and oxygen atoms in total. The third kappa shape index (κ3) is 4.18. The van der Waals surface area contributed by atoms with E-state index in [4.69, 9.17) is 0 Å². The second kappa shape index (κ2) is 10.1. The van der Waals surface area contributed by atoms with E-state index in [0.29, 0.717) is 0 Å². The molecule has 4 heteroatoms. The van der Waals surface area contributed by atoms with Crippen LogP contribution in [0.4, 0.5) is 11.4 Å². The second-order valence-electron chi connectivity index (χ2n) is 10.8. The number of pyridine rings is 2. The maximum Gasteiger partial charge on any atom is 0.0372 e. The molecule has 2 fully saturated rings. The zero-order valence-electron chi connectivity index (χ0n) is 21.9. The lowest BCUT2D eigenvalue weighted by atomic mass is 9.86. The van der Waals surface area contributed by atoms with Crippen LogP contribution in [0.1, 0.15) is 38.5 Å². The summed E-state index contributed by atoms with van der Waals surface area (Å²) in [6.45, 7) is 4.54. The molecular formula is C34H34N4. The monoisotopic (exact) mass is 498 g/mol. The molecule has 4 heterocycles. The van der Waals surface area contributed by atoms with Crippen LogP contribution in [0.2, 0.25) is 0 Å². The standard InChI is InChI=1S/C34H34N4/c1-3-17-37(18-4-1)27-11-13-29-31(21-27)33(25-9-7-15-35-23-25)30-14-12-28(38-19-5-2-6-20-38)22-32(30)34(29)26-10-8-16-36-24-26/h7-16,21-24H,1-6,17-20H2. The fourth-order valence-electron chi connectivity index (χ4n) is 6.55. The van der Waals surface area contributed by atoms with Crippen LogP contribution in [0.5, 0.6) is 0 Å². The molecule has 3 aromatic carbocycles. The van der Waals surface area contributed by atoms with Gasteiger partial charge in [0.15, 0.2) is 0 Å². The molecule has 0 bridgehead atoms. The van der Waals surface area contributed by atoms with Crippen LogP contribution in [0, 0.1) is 0 Å². The van der Waals surface area contributed by atoms with Crippen LogP contribution >= 0.6 is 0 Å². The SMILES string of the molecule is c1cncc(-c2c3ccc(N4CCCCC4)cc3c(-c3cccnc3)c3ccc(N4CCCCC4)cc23)c1. The summed E-state index contributed by atoms with van der Waals surface area (Å²) in [5.74, 6) is 0. The molecule has 0 unspecified atom stereocenters. The van der Waals surface area contributed by atoms with E-state index in [1.807, 2.05) is 24.8 Å². The number of nitrogens with zero attached hydrogens (tertiary/aromatic N) is 4. The Morgan fingerprint density at radius 3 is 1.32 bits per heavy atom. The lowest BCUT2D eigenvalue weighted by Crippen LogP contribution is -2.29. The van der Waals surface area contributed by atoms with Crippen molar-refractivity contribution in [3.63, 3.8) is 0 Å². The third-order valence-electron chi connectivity index (χ3n) is 8.43. The number of piperidine rings is 2. The van der Waals surface area contributed by atoms with Crippen molar-refractivity contribution in [1.82, 2.24) is 9.97 Å². The molecule has 0 atom stereocenters. The Balaban J connectivity index is 1.55. The van der Waals surface area contributed by atoms with E-state index in [1.165, 1.54) is 93.7 Å². The number of hydrogen-bond donors (Lipinski definition) is 0. The zero-order valence-corrected chi connectivity index (χ0v) is 21.9. The van der Waals surface area contributed by atoms with Gasteiger partial charge in [-0.15, -0.1) is 0 Å². The van der Waals surface area contributed by atoms with E-state index in [1.54, 1.807) is 0 Å². The highest BCUT2D eigenvalue weighted by atomic mass is 15.1. The van der Waals surface area contributed by atoms with E-state index < -0.39 is 0 Å². The smallest absolute Gasteiger partial charge is 0.0372 e. The van der Waals surface area contributed by atoms with Gasteiger partial charge in [-0.1, -0.05) is 24.3 Å². The fraction of sp³-hybridized carbons (Fsp3) is 0.294. The molecule has 2 saturated heterocycles. The van der Waals surface area contributed by atoms with Crippen LogP contribution in [-0.2, 0) is 0 Å². The molecule has 190 valence electrons. The molecule has 5 aromatic rings. The molecule has 0 N–H and O–H groups in total. The fourth-order valence-corrected chi connectivity index (χ4v) is 6.55. The van der Waals surface area contributed by atoms with Gasteiger partial charge in [-0.25, -0.2) is 0 Å². The minimum Gasteiger partial charge on any atom is -0.372 e. The summed E-state index contributed by atoms with van der Waals surface area (Å²) in [7, 11) is 0. The molecule has 2 aliphatic heterocycles. The van der Waals surface area contributed by atoms with Crippen molar-refractivity contribution in [2.45, 2.75) is 38.5 Å². The third-order valence-corrected chi connectivity index (χ3v) is 8.43. The molecule has 0 aliphatic carbocycles. The quantitative estimate of drug-likeness (QED) is 0.234. The number of fused-ring (bicyclic) bond motifs is 2. The highest BCUT2D eigenvalue weighted by Crippen LogP contribution is 2.45. The molecule has 7 rings (SSSR count). The summed E-state index contributed by atoms with van der Waals surface area (Å²) in [5.41, 5.74) is 7.54. The van der Waals surface area contributed by atoms with Gasteiger partial charge >= 0.3 is 0 Å². The Kier molecular flexibility index (Phi) is 6.17. The molecule has 0 radical (unpaired) electrons. The predicted octanol–water partition coefficient (Wildman–Crippen LogP) is 8.10. The van der Waals surface area contributed by atoms with Crippen molar-refractivity contribution in [3.05, 3.63) is 85.5 Å². The van der Waals surface area contributed by atoms with Crippen molar-refractivity contribution >= 4 is 32.9 Å². The average Bonchev–Trinajstić information content (AvgIpc) is 3.01. The number of aromatic nitrogens is 2. The van der Waals surface area contributed by atoms with E-state index in [9.17, 15) is 0 Å². The number of hydrogen-bond acceptors (Lipinski definition) is 4. The van der Waals surface area contributed by atoms with E-state index >= 15 is 0 Å². The molecule has 2 aliphatic rings. The van der Waals surface area contributed by atoms with Crippen molar-refractivity contribution < 1.29 is 0 Å². The van der Waals surface area contributed by atoms with Gasteiger partial charge in [0.25, 0.3) is 0 Å². The first-order valence-corrected chi connectivity index (χ1v) is 14.2. The lowest BCUT2D eigenvalue weighted by Gasteiger charge is -2.30.